The number of hydrogen-bond acceptors (Lipinski definition) is 6. The highest BCUT2D eigenvalue weighted by atomic mass is 32.2. The van der Waals surface area contributed by atoms with Crippen LogP contribution in [0.1, 0.15) is 30.8 Å². The highest BCUT2D eigenvalue weighted by Gasteiger charge is 2.23. The Balaban J connectivity index is 1.98. The van der Waals surface area contributed by atoms with Crippen molar-refractivity contribution in [1.82, 2.24) is 19.7 Å². The largest absolute Gasteiger partial charge is 0.497 e. The average molecular weight is 413 g/mol. The first-order valence-corrected chi connectivity index (χ1v) is 10.6. The van der Waals surface area contributed by atoms with Gasteiger partial charge in [-0.25, -0.2) is 0 Å². The third-order valence-corrected chi connectivity index (χ3v) is 5.82. The van der Waals surface area contributed by atoms with Gasteiger partial charge >= 0.3 is 0 Å². The molecule has 1 atom stereocenters. The van der Waals surface area contributed by atoms with Crippen molar-refractivity contribution in [1.29, 1.82) is 0 Å². The summed E-state index contributed by atoms with van der Waals surface area (Å²) >= 11 is 1.65. The summed E-state index contributed by atoms with van der Waals surface area (Å²) in [5.74, 6) is 3.39. The van der Waals surface area contributed by atoms with Crippen molar-refractivity contribution >= 4 is 11.8 Å². The molecule has 0 aliphatic carbocycles. The van der Waals surface area contributed by atoms with E-state index in [1.807, 2.05) is 42.5 Å². The lowest BCUT2D eigenvalue weighted by molar-refractivity contribution is 0.276. The van der Waals surface area contributed by atoms with E-state index in [1.165, 1.54) is 0 Å². The first kappa shape index (κ1) is 21.2. The van der Waals surface area contributed by atoms with Crippen LogP contribution in [-0.2, 0) is 5.75 Å². The third kappa shape index (κ3) is 4.74. The van der Waals surface area contributed by atoms with Gasteiger partial charge in [0.1, 0.15) is 11.5 Å². The maximum Gasteiger partial charge on any atom is 0.196 e. The van der Waals surface area contributed by atoms with Gasteiger partial charge in [0.05, 0.1) is 20.3 Å². The molecule has 0 aliphatic rings. The number of nitrogens with zero attached hydrogens (tertiary/aromatic N) is 4. The van der Waals surface area contributed by atoms with Crippen LogP contribution in [0.4, 0.5) is 0 Å². The van der Waals surface area contributed by atoms with Gasteiger partial charge in [0.15, 0.2) is 11.0 Å². The van der Waals surface area contributed by atoms with Gasteiger partial charge in [-0.1, -0.05) is 36.9 Å². The molecule has 0 saturated carbocycles. The minimum atomic E-state index is 0.171. The third-order valence-electron chi connectivity index (χ3n) is 4.85. The Morgan fingerprint density at radius 2 is 1.72 bits per heavy atom. The number of benzene rings is 2. The number of para-hydroxylation sites is 1. The molecule has 0 radical (unpaired) electrons. The molecule has 0 aliphatic heterocycles. The molecule has 1 aromatic heterocycles. The Hall–Kier alpha value is -2.51. The van der Waals surface area contributed by atoms with Crippen LogP contribution >= 0.6 is 11.8 Å². The molecule has 6 nitrogen and oxygen atoms in total. The summed E-state index contributed by atoms with van der Waals surface area (Å²) in [5.41, 5.74) is 2.15. The quantitative estimate of drug-likeness (QED) is 0.479. The SMILES string of the molecule is CCC(c1nnc(SCc2ccccc2OC)n1-c1ccc(OC)cc1)N(C)C. The minimum absolute atomic E-state index is 0.171. The average Bonchev–Trinajstić information content (AvgIpc) is 3.16. The monoisotopic (exact) mass is 412 g/mol. The first-order valence-electron chi connectivity index (χ1n) is 9.59. The molecule has 7 heteroatoms. The fourth-order valence-electron chi connectivity index (χ4n) is 3.31. The van der Waals surface area contributed by atoms with Crippen LogP contribution in [-0.4, -0.2) is 48.0 Å². The van der Waals surface area contributed by atoms with Crippen molar-refractivity contribution in [2.75, 3.05) is 28.3 Å². The Kier molecular flexibility index (Phi) is 7.17. The number of hydrogen-bond donors (Lipinski definition) is 0. The lowest BCUT2D eigenvalue weighted by atomic mass is 10.2. The van der Waals surface area contributed by atoms with Crippen LogP contribution in [0.2, 0.25) is 0 Å². The summed E-state index contributed by atoms with van der Waals surface area (Å²) in [4.78, 5) is 2.18. The van der Waals surface area contributed by atoms with E-state index in [1.54, 1.807) is 26.0 Å². The fraction of sp³-hybridized carbons (Fsp3) is 0.364. The van der Waals surface area contributed by atoms with Crippen molar-refractivity contribution in [2.24, 2.45) is 0 Å². The van der Waals surface area contributed by atoms with E-state index in [9.17, 15) is 0 Å². The minimum Gasteiger partial charge on any atom is -0.497 e. The molecule has 1 unspecified atom stereocenters. The Morgan fingerprint density at radius 1 is 1.00 bits per heavy atom. The van der Waals surface area contributed by atoms with Gasteiger partial charge in [0, 0.05) is 17.0 Å². The normalized spacial score (nSPS) is 12.2. The highest BCUT2D eigenvalue weighted by molar-refractivity contribution is 7.98. The van der Waals surface area contributed by atoms with Crippen molar-refractivity contribution in [3.8, 4) is 17.2 Å². The maximum atomic E-state index is 5.49. The molecule has 0 amide bonds. The second-order valence-corrected chi connectivity index (χ2v) is 7.80. The predicted molar refractivity (Wildman–Crippen MR) is 117 cm³/mol. The fourth-order valence-corrected chi connectivity index (χ4v) is 4.26. The van der Waals surface area contributed by atoms with Crippen LogP contribution in [0.15, 0.2) is 53.7 Å². The molecule has 0 fully saturated rings. The summed E-state index contributed by atoms with van der Waals surface area (Å²) in [6, 6.07) is 16.2. The van der Waals surface area contributed by atoms with Crippen molar-refractivity contribution in [3.63, 3.8) is 0 Å². The number of methoxy groups -OCH3 is 2. The van der Waals surface area contributed by atoms with Crippen molar-refractivity contribution in [3.05, 3.63) is 59.9 Å². The Labute approximate surface area is 176 Å². The summed E-state index contributed by atoms with van der Waals surface area (Å²) < 4.78 is 13.0. The molecule has 0 bridgehead atoms. The van der Waals surface area contributed by atoms with Crippen LogP contribution < -0.4 is 9.47 Å². The summed E-state index contributed by atoms with van der Waals surface area (Å²) in [6.07, 6.45) is 0.943. The van der Waals surface area contributed by atoms with Gasteiger partial charge in [-0.05, 0) is 50.8 Å². The Bertz CT molecular complexity index is 925. The molecule has 29 heavy (non-hydrogen) atoms. The molecule has 0 saturated heterocycles. The van der Waals surface area contributed by atoms with Crippen molar-refractivity contribution in [2.45, 2.75) is 30.3 Å². The zero-order valence-corrected chi connectivity index (χ0v) is 18.4. The molecule has 2 aromatic carbocycles. The van der Waals surface area contributed by atoms with E-state index < -0.39 is 0 Å². The van der Waals surface area contributed by atoms with Crippen LogP contribution in [0.3, 0.4) is 0 Å². The number of aromatic nitrogens is 3. The molecule has 3 aromatic rings. The van der Waals surface area contributed by atoms with Gasteiger partial charge in [0.25, 0.3) is 0 Å². The second kappa shape index (κ2) is 9.80. The molecule has 0 spiro atoms. The maximum absolute atomic E-state index is 5.49. The van der Waals surface area contributed by atoms with E-state index in [0.717, 1.165) is 45.9 Å². The van der Waals surface area contributed by atoms with Crippen LogP contribution in [0.25, 0.3) is 5.69 Å². The van der Waals surface area contributed by atoms with Gasteiger partial charge in [-0.15, -0.1) is 10.2 Å². The molecule has 154 valence electrons. The molecule has 3 rings (SSSR count). The standard InChI is InChI=1S/C22H28N4O2S/c1-6-19(25(2)3)21-23-24-22(26(21)17-11-13-18(27-4)14-12-17)29-15-16-9-7-8-10-20(16)28-5/h7-14,19H,6,15H2,1-5H3. The van der Waals surface area contributed by atoms with Gasteiger partial charge in [-0.2, -0.15) is 0 Å². The zero-order chi connectivity index (χ0) is 20.8. The van der Waals surface area contributed by atoms with E-state index in [-0.39, 0.29) is 6.04 Å². The summed E-state index contributed by atoms with van der Waals surface area (Å²) in [7, 11) is 7.52. The molecular weight excluding hydrogens is 384 g/mol. The number of rotatable bonds is 9. The lowest BCUT2D eigenvalue weighted by Gasteiger charge is -2.23. The summed E-state index contributed by atoms with van der Waals surface area (Å²) in [5, 5.41) is 9.96. The number of thioether (sulfide) groups is 1. The molecule has 1 heterocycles. The van der Waals surface area contributed by atoms with Gasteiger partial charge in [0.2, 0.25) is 0 Å². The molecule has 0 N–H and O–H groups in total. The smallest absolute Gasteiger partial charge is 0.196 e. The second-order valence-electron chi connectivity index (χ2n) is 6.86. The highest BCUT2D eigenvalue weighted by Crippen LogP contribution is 2.32. The first-order chi connectivity index (χ1) is 14.1. The molecular formula is C22H28N4O2S. The van der Waals surface area contributed by atoms with Crippen LogP contribution in [0.5, 0.6) is 11.5 Å². The van der Waals surface area contributed by atoms with Crippen LogP contribution in [0, 0.1) is 0 Å². The van der Waals surface area contributed by atoms with E-state index in [0.29, 0.717) is 0 Å². The topological polar surface area (TPSA) is 52.4 Å². The van der Waals surface area contributed by atoms with E-state index >= 15 is 0 Å². The lowest BCUT2D eigenvalue weighted by Crippen LogP contribution is -2.22. The summed E-state index contributed by atoms with van der Waals surface area (Å²) in [6.45, 7) is 2.17. The predicted octanol–water partition coefficient (Wildman–Crippen LogP) is 4.59. The Morgan fingerprint density at radius 3 is 2.34 bits per heavy atom. The van der Waals surface area contributed by atoms with E-state index in [4.69, 9.17) is 9.47 Å². The number of ether oxygens (including phenoxy) is 2. The zero-order valence-electron chi connectivity index (χ0n) is 17.6. The van der Waals surface area contributed by atoms with Gasteiger partial charge in [-0.3, -0.25) is 9.47 Å². The van der Waals surface area contributed by atoms with Gasteiger partial charge < -0.3 is 9.47 Å². The van der Waals surface area contributed by atoms with Crippen molar-refractivity contribution < 1.29 is 9.47 Å². The van der Waals surface area contributed by atoms with E-state index in [2.05, 4.69) is 46.7 Å².